The molecule has 0 spiro atoms. The van der Waals surface area contributed by atoms with E-state index in [0.717, 1.165) is 0 Å². The summed E-state index contributed by atoms with van der Waals surface area (Å²) in [7, 11) is 5.29. The summed E-state index contributed by atoms with van der Waals surface area (Å²) in [5, 5.41) is 5.12. The molecule has 2 heterocycles. The largest absolute Gasteiger partial charge is 0.357 e. The molecular formula is C11H17N7O2. The summed E-state index contributed by atoms with van der Waals surface area (Å²) in [6, 6.07) is -0.519. The summed E-state index contributed by atoms with van der Waals surface area (Å²) in [4.78, 5) is 39.2. The van der Waals surface area contributed by atoms with Gasteiger partial charge >= 0.3 is 0 Å². The molecule has 2 amide bonds. The average molecular weight is 279 g/mol. The second-order valence-corrected chi connectivity index (χ2v) is 4.62. The van der Waals surface area contributed by atoms with Gasteiger partial charge in [-0.3, -0.25) is 14.9 Å². The molecule has 1 saturated heterocycles. The van der Waals surface area contributed by atoms with Gasteiger partial charge in [0.1, 0.15) is 12.6 Å². The van der Waals surface area contributed by atoms with Crippen molar-refractivity contribution in [1.82, 2.24) is 20.3 Å². The molecule has 0 aromatic carbocycles. The maximum Gasteiger partial charge on any atom is 0.249 e. The smallest absolute Gasteiger partial charge is 0.249 e. The summed E-state index contributed by atoms with van der Waals surface area (Å²) in [5.74, 6) is 0.392. The van der Waals surface area contributed by atoms with Gasteiger partial charge in [0.25, 0.3) is 0 Å². The molecule has 2 rings (SSSR count). The number of amides is 2. The fourth-order valence-corrected chi connectivity index (χ4v) is 1.75. The lowest BCUT2D eigenvalue weighted by molar-refractivity contribution is -0.132. The Balaban J connectivity index is 2.42. The number of piperazine rings is 1. The van der Waals surface area contributed by atoms with Gasteiger partial charge in [-0.25, -0.2) is 0 Å². The van der Waals surface area contributed by atoms with Crippen LogP contribution < -0.4 is 20.4 Å². The zero-order valence-corrected chi connectivity index (χ0v) is 11.8. The molecule has 1 atom stereocenters. The molecular weight excluding hydrogens is 262 g/mol. The predicted molar refractivity (Wildman–Crippen MR) is 73.7 cm³/mol. The minimum atomic E-state index is -0.519. The average Bonchev–Trinajstić information content (AvgIpc) is 2.42. The molecule has 0 saturated carbocycles. The third kappa shape index (κ3) is 2.60. The Hall–Kier alpha value is -2.45. The minimum Gasteiger partial charge on any atom is -0.357 e. The number of carbonyl (C=O) groups excluding carboxylic acids is 2. The fraction of sp³-hybridized carbons (Fsp3) is 0.545. The number of hydrogen-bond donors (Lipinski definition) is 2. The molecule has 9 nitrogen and oxygen atoms in total. The second kappa shape index (κ2) is 5.27. The Labute approximate surface area is 116 Å². The van der Waals surface area contributed by atoms with Gasteiger partial charge in [-0.1, -0.05) is 0 Å². The van der Waals surface area contributed by atoms with Crippen LogP contribution in [0.2, 0.25) is 0 Å². The van der Waals surface area contributed by atoms with Gasteiger partial charge < -0.3 is 15.1 Å². The number of nitrogens with one attached hydrogen (secondary N) is 2. The van der Waals surface area contributed by atoms with Gasteiger partial charge in [0.2, 0.25) is 29.7 Å². The maximum absolute atomic E-state index is 11.7. The van der Waals surface area contributed by atoms with Crippen LogP contribution in [0.3, 0.4) is 0 Å². The van der Waals surface area contributed by atoms with Crippen molar-refractivity contribution in [2.45, 2.75) is 13.0 Å². The fourth-order valence-electron chi connectivity index (χ4n) is 1.75. The monoisotopic (exact) mass is 279 g/mol. The van der Waals surface area contributed by atoms with E-state index in [1.54, 1.807) is 37.9 Å². The van der Waals surface area contributed by atoms with Crippen molar-refractivity contribution in [3.63, 3.8) is 0 Å². The summed E-state index contributed by atoms with van der Waals surface area (Å²) < 4.78 is 0. The number of anilines is 3. The minimum absolute atomic E-state index is 0.0347. The molecule has 20 heavy (non-hydrogen) atoms. The SMILES string of the molecule is CNc1nc(N(C)C)nc(N2CC(=O)NC(=O)C2C)n1. The molecule has 1 aliphatic heterocycles. The second-order valence-electron chi connectivity index (χ2n) is 4.62. The number of imide groups is 1. The quantitative estimate of drug-likeness (QED) is 0.667. The zero-order chi connectivity index (χ0) is 14.9. The van der Waals surface area contributed by atoms with Crippen molar-refractivity contribution in [1.29, 1.82) is 0 Å². The highest BCUT2D eigenvalue weighted by atomic mass is 16.2. The van der Waals surface area contributed by atoms with E-state index in [1.807, 2.05) is 0 Å². The van der Waals surface area contributed by atoms with E-state index in [2.05, 4.69) is 25.6 Å². The molecule has 0 bridgehead atoms. The van der Waals surface area contributed by atoms with Crippen molar-refractivity contribution in [2.24, 2.45) is 0 Å². The molecule has 1 fully saturated rings. The Morgan fingerprint density at radius 3 is 2.60 bits per heavy atom. The number of aromatic nitrogens is 3. The Kier molecular flexibility index (Phi) is 3.68. The first-order valence-electron chi connectivity index (χ1n) is 6.14. The normalized spacial score (nSPS) is 18.8. The van der Waals surface area contributed by atoms with Crippen LogP contribution in [0.1, 0.15) is 6.92 Å². The Bertz CT molecular complexity index is 546. The molecule has 1 aromatic rings. The topological polar surface area (TPSA) is 103 Å². The van der Waals surface area contributed by atoms with Crippen LogP contribution in [0.25, 0.3) is 0 Å². The Morgan fingerprint density at radius 2 is 2.00 bits per heavy atom. The van der Waals surface area contributed by atoms with E-state index in [4.69, 9.17) is 0 Å². The van der Waals surface area contributed by atoms with Gasteiger partial charge in [0, 0.05) is 21.1 Å². The summed E-state index contributed by atoms with van der Waals surface area (Å²) >= 11 is 0. The first-order chi connectivity index (χ1) is 9.42. The lowest BCUT2D eigenvalue weighted by Gasteiger charge is -2.31. The highest BCUT2D eigenvalue weighted by Crippen LogP contribution is 2.18. The molecule has 108 valence electrons. The van der Waals surface area contributed by atoms with E-state index >= 15 is 0 Å². The summed E-state index contributed by atoms with van der Waals surface area (Å²) in [6.07, 6.45) is 0. The summed E-state index contributed by atoms with van der Waals surface area (Å²) in [6.45, 7) is 1.73. The van der Waals surface area contributed by atoms with Crippen LogP contribution in [0.15, 0.2) is 0 Å². The van der Waals surface area contributed by atoms with Crippen molar-refractivity contribution < 1.29 is 9.59 Å². The number of nitrogens with zero attached hydrogens (tertiary/aromatic N) is 5. The lowest BCUT2D eigenvalue weighted by Crippen LogP contribution is -2.57. The van der Waals surface area contributed by atoms with Crippen LogP contribution in [0.4, 0.5) is 17.8 Å². The van der Waals surface area contributed by atoms with Crippen LogP contribution in [0, 0.1) is 0 Å². The first-order valence-corrected chi connectivity index (χ1v) is 6.14. The maximum atomic E-state index is 11.7. The Morgan fingerprint density at radius 1 is 1.30 bits per heavy atom. The summed E-state index contributed by atoms with van der Waals surface area (Å²) in [5.41, 5.74) is 0. The third-order valence-corrected chi connectivity index (χ3v) is 2.92. The number of rotatable bonds is 3. The van der Waals surface area contributed by atoms with Gasteiger partial charge in [-0.05, 0) is 6.92 Å². The molecule has 9 heteroatoms. The molecule has 1 unspecified atom stereocenters. The standard InChI is InChI=1S/C11H17N7O2/c1-6-8(20)13-7(19)5-18(6)11-15-9(12-2)14-10(16-11)17(3)4/h6H,5H2,1-4H3,(H,13,19,20)(H,12,14,15,16). The lowest BCUT2D eigenvalue weighted by atomic mass is 10.2. The molecule has 1 aliphatic rings. The number of hydrogen-bond acceptors (Lipinski definition) is 8. The zero-order valence-electron chi connectivity index (χ0n) is 11.8. The van der Waals surface area contributed by atoms with Crippen LogP contribution >= 0.6 is 0 Å². The van der Waals surface area contributed by atoms with E-state index < -0.39 is 6.04 Å². The van der Waals surface area contributed by atoms with Crippen LogP contribution in [-0.4, -0.2) is 60.5 Å². The van der Waals surface area contributed by atoms with Crippen molar-refractivity contribution in [2.75, 3.05) is 42.8 Å². The highest BCUT2D eigenvalue weighted by molar-refractivity contribution is 6.04. The van der Waals surface area contributed by atoms with Crippen molar-refractivity contribution in [3.8, 4) is 0 Å². The van der Waals surface area contributed by atoms with Gasteiger partial charge in [0.05, 0.1) is 0 Å². The van der Waals surface area contributed by atoms with E-state index in [0.29, 0.717) is 17.8 Å². The highest BCUT2D eigenvalue weighted by Gasteiger charge is 2.32. The predicted octanol–water partition coefficient (Wildman–Crippen LogP) is -1.17. The van der Waals surface area contributed by atoms with Gasteiger partial charge in [-0.15, -0.1) is 0 Å². The van der Waals surface area contributed by atoms with Gasteiger partial charge in [0.15, 0.2) is 0 Å². The van der Waals surface area contributed by atoms with Crippen LogP contribution in [-0.2, 0) is 9.59 Å². The van der Waals surface area contributed by atoms with E-state index in [9.17, 15) is 9.59 Å². The number of carbonyl (C=O) groups is 2. The van der Waals surface area contributed by atoms with Crippen molar-refractivity contribution in [3.05, 3.63) is 0 Å². The van der Waals surface area contributed by atoms with Gasteiger partial charge in [-0.2, -0.15) is 15.0 Å². The molecule has 2 N–H and O–H groups in total. The third-order valence-electron chi connectivity index (χ3n) is 2.92. The first kappa shape index (κ1) is 14.0. The molecule has 0 radical (unpaired) electrons. The van der Waals surface area contributed by atoms with E-state index in [-0.39, 0.29) is 18.4 Å². The van der Waals surface area contributed by atoms with Crippen LogP contribution in [0.5, 0.6) is 0 Å². The molecule has 1 aromatic heterocycles. The van der Waals surface area contributed by atoms with Crippen molar-refractivity contribution >= 4 is 29.7 Å². The molecule has 0 aliphatic carbocycles. The van der Waals surface area contributed by atoms with E-state index in [1.165, 1.54) is 0 Å².